The molecule has 0 amide bonds. The van der Waals surface area contributed by atoms with E-state index in [-0.39, 0.29) is 17.2 Å². The van der Waals surface area contributed by atoms with Crippen LogP contribution in [0, 0.1) is 12.7 Å². The van der Waals surface area contributed by atoms with Crippen molar-refractivity contribution in [2.45, 2.75) is 20.8 Å². The molecule has 16 heavy (non-hydrogen) atoms. The van der Waals surface area contributed by atoms with E-state index in [2.05, 4.69) is 0 Å². The maximum absolute atomic E-state index is 13.3. The lowest BCUT2D eigenvalue weighted by Crippen LogP contribution is -2.03. The molecule has 1 aromatic rings. The Hall–Kier alpha value is -1.64. The summed E-state index contributed by atoms with van der Waals surface area (Å²) in [5.74, 6) is -0.150. The molecule has 0 radical (unpaired) electrons. The standard InChI is InChI=1S/C13H15FO2/c1-4-5-6-16-13-7-9(2)12(14)8-11(13)10(3)15/h4-5,7-8H,6H2,1-3H3. The van der Waals surface area contributed by atoms with Crippen molar-refractivity contribution >= 4 is 5.78 Å². The Morgan fingerprint density at radius 2 is 2.19 bits per heavy atom. The van der Waals surface area contributed by atoms with Crippen LogP contribution in [-0.2, 0) is 0 Å². The molecule has 1 aromatic carbocycles. The quantitative estimate of drug-likeness (QED) is 0.577. The molecule has 3 heteroatoms. The van der Waals surface area contributed by atoms with Crippen molar-refractivity contribution in [2.75, 3.05) is 6.61 Å². The Labute approximate surface area is 94.7 Å². The predicted molar refractivity (Wildman–Crippen MR) is 61.5 cm³/mol. The van der Waals surface area contributed by atoms with Gasteiger partial charge < -0.3 is 4.74 Å². The zero-order valence-corrected chi connectivity index (χ0v) is 9.71. The number of halogens is 1. The third-order valence-corrected chi connectivity index (χ3v) is 2.21. The van der Waals surface area contributed by atoms with Gasteiger partial charge in [-0.1, -0.05) is 12.2 Å². The highest BCUT2D eigenvalue weighted by Crippen LogP contribution is 2.23. The van der Waals surface area contributed by atoms with Crippen molar-refractivity contribution in [3.8, 4) is 5.75 Å². The molecule has 1 rings (SSSR count). The van der Waals surface area contributed by atoms with Gasteiger partial charge in [-0.05, 0) is 38.5 Å². The summed E-state index contributed by atoms with van der Waals surface area (Å²) in [7, 11) is 0. The summed E-state index contributed by atoms with van der Waals surface area (Å²) in [4.78, 5) is 11.3. The van der Waals surface area contributed by atoms with Crippen LogP contribution in [0.5, 0.6) is 5.75 Å². The van der Waals surface area contributed by atoms with Gasteiger partial charge >= 0.3 is 0 Å². The summed E-state index contributed by atoms with van der Waals surface area (Å²) < 4.78 is 18.7. The van der Waals surface area contributed by atoms with E-state index in [9.17, 15) is 9.18 Å². The lowest BCUT2D eigenvalue weighted by molar-refractivity contribution is 0.101. The largest absolute Gasteiger partial charge is 0.489 e. The minimum Gasteiger partial charge on any atom is -0.489 e. The highest BCUT2D eigenvalue weighted by atomic mass is 19.1. The van der Waals surface area contributed by atoms with Gasteiger partial charge in [-0.2, -0.15) is 0 Å². The van der Waals surface area contributed by atoms with E-state index in [1.165, 1.54) is 13.0 Å². The second kappa shape index (κ2) is 5.45. The molecule has 0 saturated carbocycles. The Morgan fingerprint density at radius 1 is 1.50 bits per heavy atom. The first-order chi connectivity index (χ1) is 7.56. The Kier molecular flexibility index (Phi) is 4.23. The second-order valence-electron chi connectivity index (χ2n) is 3.53. The summed E-state index contributed by atoms with van der Waals surface area (Å²) >= 11 is 0. The molecule has 0 saturated heterocycles. The normalized spacial score (nSPS) is 10.8. The van der Waals surface area contributed by atoms with Crippen LogP contribution in [0.2, 0.25) is 0 Å². The van der Waals surface area contributed by atoms with Gasteiger partial charge in [0, 0.05) is 0 Å². The number of benzene rings is 1. The van der Waals surface area contributed by atoms with E-state index >= 15 is 0 Å². The van der Waals surface area contributed by atoms with Gasteiger partial charge in [0.1, 0.15) is 18.2 Å². The van der Waals surface area contributed by atoms with Crippen molar-refractivity contribution < 1.29 is 13.9 Å². The fourth-order valence-electron chi connectivity index (χ4n) is 1.28. The molecule has 0 N–H and O–H groups in total. The van der Waals surface area contributed by atoms with Crippen LogP contribution in [0.15, 0.2) is 24.3 Å². The zero-order valence-electron chi connectivity index (χ0n) is 9.71. The highest BCUT2D eigenvalue weighted by Gasteiger charge is 2.11. The monoisotopic (exact) mass is 222 g/mol. The van der Waals surface area contributed by atoms with Crippen LogP contribution in [0.1, 0.15) is 29.8 Å². The van der Waals surface area contributed by atoms with Crippen molar-refractivity contribution in [3.63, 3.8) is 0 Å². The summed E-state index contributed by atoms with van der Waals surface area (Å²) in [6.45, 7) is 5.29. The van der Waals surface area contributed by atoms with Gasteiger partial charge in [0.15, 0.2) is 5.78 Å². The lowest BCUT2D eigenvalue weighted by atomic mass is 10.1. The number of ether oxygens (including phenoxy) is 1. The van der Waals surface area contributed by atoms with Gasteiger partial charge in [-0.15, -0.1) is 0 Å². The van der Waals surface area contributed by atoms with E-state index in [1.54, 1.807) is 13.0 Å². The smallest absolute Gasteiger partial charge is 0.163 e. The minimum absolute atomic E-state index is 0.200. The van der Waals surface area contributed by atoms with Crippen LogP contribution < -0.4 is 4.74 Å². The lowest BCUT2D eigenvalue weighted by Gasteiger charge is -2.09. The maximum Gasteiger partial charge on any atom is 0.163 e. The van der Waals surface area contributed by atoms with Crippen molar-refractivity contribution in [3.05, 3.63) is 41.2 Å². The zero-order chi connectivity index (χ0) is 12.1. The fraction of sp³-hybridized carbons (Fsp3) is 0.308. The van der Waals surface area contributed by atoms with Crippen LogP contribution in [0.4, 0.5) is 4.39 Å². The molecule has 0 spiro atoms. The van der Waals surface area contributed by atoms with Crippen LogP contribution >= 0.6 is 0 Å². The maximum atomic E-state index is 13.3. The molecule has 0 atom stereocenters. The first-order valence-corrected chi connectivity index (χ1v) is 5.11. The summed E-state index contributed by atoms with van der Waals surface area (Å²) in [6, 6.07) is 2.78. The number of carbonyl (C=O) groups excluding carboxylic acids is 1. The molecule has 0 bridgehead atoms. The molecule has 86 valence electrons. The topological polar surface area (TPSA) is 26.3 Å². The minimum atomic E-state index is -0.386. The van der Waals surface area contributed by atoms with Gasteiger partial charge in [0.25, 0.3) is 0 Å². The Balaban J connectivity index is 3.04. The second-order valence-corrected chi connectivity index (χ2v) is 3.53. The molecular weight excluding hydrogens is 207 g/mol. The fourth-order valence-corrected chi connectivity index (χ4v) is 1.28. The van der Waals surface area contributed by atoms with Crippen molar-refractivity contribution in [1.82, 2.24) is 0 Å². The summed E-state index contributed by atoms with van der Waals surface area (Å²) in [5, 5.41) is 0. The third kappa shape index (κ3) is 2.92. The number of hydrogen-bond donors (Lipinski definition) is 0. The van der Waals surface area contributed by atoms with E-state index in [1.807, 2.05) is 19.1 Å². The average Bonchev–Trinajstić information content (AvgIpc) is 2.23. The van der Waals surface area contributed by atoms with Crippen LogP contribution in [-0.4, -0.2) is 12.4 Å². The number of rotatable bonds is 4. The molecule has 2 nitrogen and oxygen atoms in total. The molecule has 0 fully saturated rings. The van der Waals surface area contributed by atoms with Crippen molar-refractivity contribution in [2.24, 2.45) is 0 Å². The molecule has 0 aliphatic rings. The van der Waals surface area contributed by atoms with E-state index in [4.69, 9.17) is 4.74 Å². The number of Topliss-reactive ketones (excluding diaryl/α,β-unsaturated/α-hetero) is 1. The molecule has 0 aliphatic carbocycles. The van der Waals surface area contributed by atoms with Crippen LogP contribution in [0.25, 0.3) is 0 Å². The van der Waals surface area contributed by atoms with E-state index in [0.717, 1.165) is 0 Å². The predicted octanol–water partition coefficient (Wildman–Crippen LogP) is 3.29. The van der Waals surface area contributed by atoms with Gasteiger partial charge in [-0.3, -0.25) is 4.79 Å². The Bertz CT molecular complexity index is 422. The SMILES string of the molecule is CC=CCOc1cc(C)c(F)cc1C(C)=O. The molecule has 0 unspecified atom stereocenters. The van der Waals surface area contributed by atoms with Gasteiger partial charge in [0.2, 0.25) is 0 Å². The van der Waals surface area contributed by atoms with Crippen molar-refractivity contribution in [1.29, 1.82) is 0 Å². The molecule has 0 heterocycles. The number of ketones is 1. The Morgan fingerprint density at radius 3 is 2.75 bits per heavy atom. The molecular formula is C13H15FO2. The molecule has 0 aromatic heterocycles. The summed E-state index contributed by atoms with van der Waals surface area (Å²) in [6.07, 6.45) is 3.67. The number of allylic oxidation sites excluding steroid dienone is 1. The highest BCUT2D eigenvalue weighted by molar-refractivity contribution is 5.96. The van der Waals surface area contributed by atoms with Gasteiger partial charge in [0.05, 0.1) is 5.56 Å². The number of carbonyl (C=O) groups is 1. The van der Waals surface area contributed by atoms with E-state index in [0.29, 0.717) is 17.9 Å². The third-order valence-electron chi connectivity index (χ3n) is 2.21. The first kappa shape index (κ1) is 12.4. The van der Waals surface area contributed by atoms with E-state index < -0.39 is 0 Å². The summed E-state index contributed by atoms with van der Waals surface area (Å²) in [5.41, 5.74) is 0.757. The number of aryl methyl sites for hydroxylation is 1. The number of hydrogen-bond acceptors (Lipinski definition) is 2. The molecule has 0 aliphatic heterocycles. The van der Waals surface area contributed by atoms with Gasteiger partial charge in [-0.25, -0.2) is 4.39 Å². The van der Waals surface area contributed by atoms with Crippen LogP contribution in [0.3, 0.4) is 0 Å². The first-order valence-electron chi connectivity index (χ1n) is 5.11. The average molecular weight is 222 g/mol.